The predicted octanol–water partition coefficient (Wildman–Crippen LogP) is 0.681. The van der Waals surface area contributed by atoms with Gasteiger partial charge in [0.15, 0.2) is 0 Å². The smallest absolute Gasteiger partial charge is 0.226 e. The molecule has 2 unspecified atom stereocenters. The van der Waals surface area contributed by atoms with Crippen molar-refractivity contribution < 1.29 is 19.1 Å². The lowest BCUT2D eigenvalue weighted by molar-refractivity contribution is -0.140. The van der Waals surface area contributed by atoms with Crippen LogP contribution in [-0.2, 0) is 20.8 Å². The number of hydrogen-bond acceptors (Lipinski definition) is 4. The average molecular weight is 373 g/mol. The van der Waals surface area contributed by atoms with E-state index in [2.05, 4.69) is 5.32 Å². The molecule has 1 aromatic rings. The molecule has 1 aliphatic heterocycles. The Bertz CT molecular complexity index is 713. The van der Waals surface area contributed by atoms with Gasteiger partial charge in [0.25, 0.3) is 0 Å². The first-order chi connectivity index (χ1) is 13.0. The summed E-state index contributed by atoms with van der Waals surface area (Å²) in [6, 6.07) is 7.74. The van der Waals surface area contributed by atoms with Crippen LogP contribution in [0.25, 0.3) is 0 Å². The van der Waals surface area contributed by atoms with Gasteiger partial charge in [-0.15, -0.1) is 0 Å². The van der Waals surface area contributed by atoms with Crippen molar-refractivity contribution in [3.8, 4) is 5.75 Å². The number of ether oxygens (including phenoxy) is 1. The van der Waals surface area contributed by atoms with E-state index in [9.17, 15) is 14.4 Å². The minimum Gasteiger partial charge on any atom is -0.496 e. The fourth-order valence-corrected chi connectivity index (χ4v) is 3.59. The quantitative estimate of drug-likeness (QED) is 0.795. The van der Waals surface area contributed by atoms with Crippen LogP contribution in [0.4, 0.5) is 0 Å². The van der Waals surface area contributed by atoms with Crippen LogP contribution >= 0.6 is 0 Å². The Labute approximate surface area is 159 Å². The first-order valence-corrected chi connectivity index (χ1v) is 9.45. The van der Waals surface area contributed by atoms with Crippen molar-refractivity contribution in [1.29, 1.82) is 0 Å². The van der Waals surface area contributed by atoms with Crippen molar-refractivity contribution in [3.05, 3.63) is 29.8 Å². The second kappa shape index (κ2) is 8.41. The van der Waals surface area contributed by atoms with E-state index < -0.39 is 0 Å². The molecule has 27 heavy (non-hydrogen) atoms. The molecule has 7 nitrogen and oxygen atoms in total. The van der Waals surface area contributed by atoms with Gasteiger partial charge in [-0.05, 0) is 24.5 Å². The van der Waals surface area contributed by atoms with Gasteiger partial charge in [-0.25, -0.2) is 0 Å². The number of methoxy groups -OCH3 is 1. The maximum atomic E-state index is 12.6. The summed E-state index contributed by atoms with van der Waals surface area (Å²) in [5.74, 6) is 0.423. The van der Waals surface area contributed by atoms with Gasteiger partial charge in [-0.2, -0.15) is 0 Å². The maximum Gasteiger partial charge on any atom is 0.226 e. The summed E-state index contributed by atoms with van der Waals surface area (Å²) in [5.41, 5.74) is 1.05. The van der Waals surface area contributed by atoms with Crippen LogP contribution in [0.15, 0.2) is 24.3 Å². The minimum absolute atomic E-state index is 0.0424. The molecule has 7 heteroatoms. The SMILES string of the molecule is COc1ccccc1CCNC(=O)C1CC1C(=O)N1CCN(C(C)=O)CC1. The number of rotatable bonds is 6. The summed E-state index contributed by atoms with van der Waals surface area (Å²) < 4.78 is 5.31. The highest BCUT2D eigenvalue weighted by Gasteiger charge is 2.49. The van der Waals surface area contributed by atoms with Crippen LogP contribution in [0.1, 0.15) is 18.9 Å². The Kier molecular flexibility index (Phi) is 5.98. The molecule has 0 bridgehead atoms. The van der Waals surface area contributed by atoms with Crippen molar-refractivity contribution in [1.82, 2.24) is 15.1 Å². The number of hydrogen-bond donors (Lipinski definition) is 1. The zero-order valence-electron chi connectivity index (χ0n) is 15.9. The molecule has 146 valence electrons. The highest BCUT2D eigenvalue weighted by molar-refractivity contribution is 5.92. The third kappa shape index (κ3) is 4.59. The minimum atomic E-state index is -0.221. The predicted molar refractivity (Wildman–Crippen MR) is 100 cm³/mol. The first-order valence-electron chi connectivity index (χ1n) is 9.45. The van der Waals surface area contributed by atoms with Crippen molar-refractivity contribution in [3.63, 3.8) is 0 Å². The fraction of sp³-hybridized carbons (Fsp3) is 0.550. The summed E-state index contributed by atoms with van der Waals surface area (Å²) >= 11 is 0. The largest absolute Gasteiger partial charge is 0.496 e. The fourth-order valence-electron chi connectivity index (χ4n) is 3.59. The lowest BCUT2D eigenvalue weighted by Crippen LogP contribution is -2.50. The van der Waals surface area contributed by atoms with Crippen LogP contribution in [-0.4, -0.2) is 67.4 Å². The van der Waals surface area contributed by atoms with Gasteiger partial charge in [0.05, 0.1) is 18.9 Å². The van der Waals surface area contributed by atoms with E-state index in [-0.39, 0.29) is 29.6 Å². The monoisotopic (exact) mass is 373 g/mol. The van der Waals surface area contributed by atoms with Crippen LogP contribution in [0, 0.1) is 11.8 Å². The molecule has 0 radical (unpaired) electrons. The molecule has 1 heterocycles. The lowest BCUT2D eigenvalue weighted by Gasteiger charge is -2.34. The molecular weight excluding hydrogens is 346 g/mol. The Hall–Kier alpha value is -2.57. The second-order valence-electron chi connectivity index (χ2n) is 7.13. The molecule has 1 saturated heterocycles. The van der Waals surface area contributed by atoms with Gasteiger partial charge < -0.3 is 19.9 Å². The van der Waals surface area contributed by atoms with E-state index in [0.717, 1.165) is 11.3 Å². The molecule has 3 rings (SSSR count). The van der Waals surface area contributed by atoms with Crippen molar-refractivity contribution >= 4 is 17.7 Å². The molecule has 3 amide bonds. The van der Waals surface area contributed by atoms with E-state index in [1.165, 1.54) is 0 Å². The van der Waals surface area contributed by atoms with Crippen LogP contribution < -0.4 is 10.1 Å². The molecule has 1 aromatic carbocycles. The molecule has 2 fully saturated rings. The Balaban J connectivity index is 1.41. The van der Waals surface area contributed by atoms with Gasteiger partial charge in [0, 0.05) is 39.6 Å². The third-order valence-corrected chi connectivity index (χ3v) is 5.37. The molecule has 1 saturated carbocycles. The molecule has 1 aliphatic carbocycles. The molecule has 0 spiro atoms. The maximum absolute atomic E-state index is 12.6. The van der Waals surface area contributed by atoms with Crippen LogP contribution in [0.5, 0.6) is 5.75 Å². The molecule has 0 aromatic heterocycles. The number of nitrogens with one attached hydrogen (secondary N) is 1. The molecule has 1 N–H and O–H groups in total. The van der Waals surface area contributed by atoms with Crippen molar-refractivity contribution in [2.24, 2.45) is 11.8 Å². The number of para-hydroxylation sites is 1. The molecule has 2 aliphatic rings. The highest BCUT2D eigenvalue weighted by Crippen LogP contribution is 2.40. The summed E-state index contributed by atoms with van der Waals surface area (Å²) in [7, 11) is 1.63. The van der Waals surface area contributed by atoms with Crippen LogP contribution in [0.3, 0.4) is 0 Å². The van der Waals surface area contributed by atoms with Crippen molar-refractivity contribution in [2.75, 3.05) is 39.8 Å². The van der Waals surface area contributed by atoms with Gasteiger partial charge in [0.2, 0.25) is 17.7 Å². The molecule has 2 atom stereocenters. The Morgan fingerprint density at radius 3 is 2.41 bits per heavy atom. The number of nitrogens with zero attached hydrogens (tertiary/aromatic N) is 2. The summed E-state index contributed by atoms with van der Waals surface area (Å²) in [5, 5.41) is 2.94. The number of benzene rings is 1. The van der Waals surface area contributed by atoms with Gasteiger partial charge in [-0.1, -0.05) is 18.2 Å². The second-order valence-corrected chi connectivity index (χ2v) is 7.13. The Morgan fingerprint density at radius 2 is 1.74 bits per heavy atom. The number of carbonyl (C=O) groups excluding carboxylic acids is 3. The zero-order valence-corrected chi connectivity index (χ0v) is 15.9. The van der Waals surface area contributed by atoms with Gasteiger partial charge in [0.1, 0.15) is 5.75 Å². The van der Waals surface area contributed by atoms with E-state index in [0.29, 0.717) is 45.6 Å². The zero-order chi connectivity index (χ0) is 19.4. The number of carbonyl (C=O) groups is 3. The molecular formula is C20H27N3O4. The topological polar surface area (TPSA) is 79.0 Å². The highest BCUT2D eigenvalue weighted by atomic mass is 16.5. The van der Waals surface area contributed by atoms with Gasteiger partial charge in [-0.3, -0.25) is 14.4 Å². The summed E-state index contributed by atoms with van der Waals surface area (Å²) in [6.45, 7) is 4.32. The van der Waals surface area contributed by atoms with E-state index >= 15 is 0 Å². The average Bonchev–Trinajstić information content (AvgIpc) is 3.48. The number of amides is 3. The number of piperazine rings is 1. The normalized spacial score (nSPS) is 21.6. The van der Waals surface area contributed by atoms with E-state index in [1.54, 1.807) is 23.8 Å². The lowest BCUT2D eigenvalue weighted by atomic mass is 10.1. The first kappa shape index (κ1) is 19.2. The summed E-state index contributed by atoms with van der Waals surface area (Å²) in [6.07, 6.45) is 1.31. The van der Waals surface area contributed by atoms with Gasteiger partial charge >= 0.3 is 0 Å². The standard InChI is InChI=1S/C20H27N3O4/c1-14(24)22-9-11-23(12-10-22)20(26)17-13-16(17)19(25)21-8-7-15-5-3-4-6-18(15)27-2/h3-6,16-17H,7-13H2,1-2H3,(H,21,25). The summed E-state index contributed by atoms with van der Waals surface area (Å²) in [4.78, 5) is 39.8. The van der Waals surface area contributed by atoms with E-state index in [4.69, 9.17) is 4.74 Å². The van der Waals surface area contributed by atoms with E-state index in [1.807, 2.05) is 24.3 Å². The third-order valence-electron chi connectivity index (χ3n) is 5.37. The van der Waals surface area contributed by atoms with Crippen molar-refractivity contribution in [2.45, 2.75) is 19.8 Å². The Morgan fingerprint density at radius 1 is 1.07 bits per heavy atom. The van der Waals surface area contributed by atoms with Crippen LogP contribution in [0.2, 0.25) is 0 Å².